The van der Waals surface area contributed by atoms with E-state index in [0.717, 1.165) is 5.56 Å². The molecule has 11 heteroatoms. The van der Waals surface area contributed by atoms with Gasteiger partial charge in [0, 0.05) is 11.1 Å². The lowest BCUT2D eigenvalue weighted by Crippen LogP contribution is -2.58. The lowest BCUT2D eigenvalue weighted by Gasteiger charge is -2.52. The fourth-order valence-corrected chi connectivity index (χ4v) is 8.08. The van der Waals surface area contributed by atoms with Gasteiger partial charge in [0.15, 0.2) is 9.84 Å². The summed E-state index contributed by atoms with van der Waals surface area (Å²) in [4.78, 5) is 41.5. The summed E-state index contributed by atoms with van der Waals surface area (Å²) < 4.78 is 37.9. The van der Waals surface area contributed by atoms with E-state index in [-0.39, 0.29) is 40.7 Å². The van der Waals surface area contributed by atoms with E-state index in [1.807, 2.05) is 46.8 Å². The van der Waals surface area contributed by atoms with Crippen LogP contribution < -0.4 is 20.7 Å². The minimum atomic E-state index is -3.90. The van der Waals surface area contributed by atoms with Gasteiger partial charge in [-0.1, -0.05) is 12.1 Å². The number of esters is 1. The average Bonchev–Trinajstić information content (AvgIpc) is 3.01. The molecule has 10 nitrogen and oxygen atoms in total. The Morgan fingerprint density at radius 2 is 1.64 bits per heavy atom. The third-order valence-electron chi connectivity index (χ3n) is 8.92. The highest BCUT2D eigenvalue weighted by Gasteiger charge is 2.54. The molecular formula is C33H43N3O7S. The fraction of sp³-hybridized carbons (Fsp3) is 0.545. The van der Waals surface area contributed by atoms with Gasteiger partial charge >= 0.3 is 5.97 Å². The number of hydrogen-bond acceptors (Lipinski definition) is 8. The van der Waals surface area contributed by atoms with Crippen LogP contribution >= 0.6 is 0 Å². The van der Waals surface area contributed by atoms with Gasteiger partial charge < -0.3 is 25.4 Å². The zero-order chi connectivity index (χ0) is 32.1. The number of nitrogens with two attached hydrogens (primary N) is 1. The maximum atomic E-state index is 13.7. The smallest absolute Gasteiger partial charge is 0.312 e. The molecule has 6 rings (SSSR count). The van der Waals surface area contributed by atoms with Crippen molar-refractivity contribution in [1.82, 2.24) is 5.32 Å². The van der Waals surface area contributed by atoms with Gasteiger partial charge in [0.2, 0.25) is 5.91 Å². The number of ether oxygens (including phenoxy) is 2. The van der Waals surface area contributed by atoms with Gasteiger partial charge in [-0.2, -0.15) is 0 Å². The first-order valence-electron chi connectivity index (χ1n) is 15.3. The van der Waals surface area contributed by atoms with Crippen molar-refractivity contribution < 1.29 is 32.3 Å². The molecule has 44 heavy (non-hydrogen) atoms. The number of rotatable bonds is 7. The number of benzene rings is 2. The molecule has 238 valence electrons. The maximum Gasteiger partial charge on any atom is 0.312 e. The zero-order valence-corrected chi connectivity index (χ0v) is 27.0. The van der Waals surface area contributed by atoms with Gasteiger partial charge in [-0.15, -0.1) is 0 Å². The highest BCUT2D eigenvalue weighted by atomic mass is 32.2. The Morgan fingerprint density at radius 3 is 2.20 bits per heavy atom. The van der Waals surface area contributed by atoms with Crippen molar-refractivity contribution in [1.29, 1.82) is 0 Å². The number of fused-ring (bicyclic) bond motifs is 4. The molecule has 0 radical (unpaired) electrons. The first-order valence-corrected chi connectivity index (χ1v) is 16.9. The second-order valence-electron chi connectivity index (χ2n) is 13.8. The van der Waals surface area contributed by atoms with Crippen molar-refractivity contribution in [3.05, 3.63) is 53.6 Å². The van der Waals surface area contributed by atoms with E-state index < -0.39 is 44.1 Å². The van der Waals surface area contributed by atoms with E-state index in [0.29, 0.717) is 44.3 Å². The quantitative estimate of drug-likeness (QED) is 0.434. The summed E-state index contributed by atoms with van der Waals surface area (Å²) in [5.74, 6) is -0.902. The van der Waals surface area contributed by atoms with E-state index in [1.165, 1.54) is 23.1 Å². The Kier molecular flexibility index (Phi) is 8.35. The summed E-state index contributed by atoms with van der Waals surface area (Å²) in [5.41, 5.74) is 5.67. The Labute approximate surface area is 259 Å². The summed E-state index contributed by atoms with van der Waals surface area (Å²) >= 11 is 0. The second kappa shape index (κ2) is 11.5. The van der Waals surface area contributed by atoms with Crippen molar-refractivity contribution in [2.24, 2.45) is 11.1 Å². The van der Waals surface area contributed by atoms with Crippen LogP contribution in [0, 0.1) is 5.41 Å². The first-order chi connectivity index (χ1) is 20.5. The maximum absolute atomic E-state index is 13.7. The van der Waals surface area contributed by atoms with Crippen LogP contribution in [0.25, 0.3) is 0 Å². The number of carbonyl (C=O) groups is 3. The van der Waals surface area contributed by atoms with Gasteiger partial charge in [0.05, 0.1) is 40.4 Å². The minimum Gasteiger partial charge on any atom is -0.491 e. The third kappa shape index (κ3) is 6.49. The molecule has 2 bridgehead atoms. The molecule has 0 unspecified atom stereocenters. The van der Waals surface area contributed by atoms with Crippen LogP contribution in [0.15, 0.2) is 47.4 Å². The van der Waals surface area contributed by atoms with Crippen molar-refractivity contribution in [3.63, 3.8) is 0 Å². The molecule has 0 aromatic heterocycles. The van der Waals surface area contributed by atoms with Gasteiger partial charge in [-0.05, 0) is 109 Å². The van der Waals surface area contributed by atoms with Gasteiger partial charge in [-0.3, -0.25) is 14.4 Å². The first kappa shape index (κ1) is 32.0. The molecule has 2 aromatic rings. The van der Waals surface area contributed by atoms with Gasteiger partial charge in [0.25, 0.3) is 5.91 Å². The van der Waals surface area contributed by atoms with E-state index >= 15 is 0 Å². The van der Waals surface area contributed by atoms with Crippen molar-refractivity contribution in [2.45, 2.75) is 108 Å². The largest absolute Gasteiger partial charge is 0.491 e. The average molecular weight is 626 g/mol. The molecule has 3 aliphatic carbocycles. The number of nitrogens with zero attached hydrogens (tertiary/aromatic N) is 1. The molecule has 2 amide bonds. The number of hydrogen-bond donors (Lipinski definition) is 2. The topological polar surface area (TPSA) is 145 Å². The highest BCUT2D eigenvalue weighted by molar-refractivity contribution is 7.91. The predicted octanol–water partition coefficient (Wildman–Crippen LogP) is 4.29. The molecule has 3 N–H and O–H groups in total. The molecule has 2 aromatic carbocycles. The van der Waals surface area contributed by atoms with Crippen LogP contribution in [-0.4, -0.2) is 55.2 Å². The number of carbonyl (C=O) groups excluding carboxylic acids is 3. The van der Waals surface area contributed by atoms with E-state index in [9.17, 15) is 22.8 Å². The summed E-state index contributed by atoms with van der Waals surface area (Å²) in [6.07, 6.45) is 3.83. The Bertz CT molecular complexity index is 1540. The number of amides is 2. The summed E-state index contributed by atoms with van der Waals surface area (Å²) in [7, 11) is -3.90. The van der Waals surface area contributed by atoms with Gasteiger partial charge in [-0.25, -0.2) is 8.42 Å². The molecule has 3 saturated carbocycles. The van der Waals surface area contributed by atoms with Crippen LogP contribution in [-0.2, 0) is 30.7 Å². The van der Waals surface area contributed by atoms with Crippen molar-refractivity contribution in [3.8, 4) is 5.75 Å². The molecule has 3 fully saturated rings. The van der Waals surface area contributed by atoms with E-state index in [2.05, 4.69) is 5.32 Å². The van der Waals surface area contributed by atoms with Crippen LogP contribution in [0.1, 0.15) is 89.1 Å². The molecular weight excluding hydrogens is 582 g/mol. The van der Waals surface area contributed by atoms with Crippen LogP contribution in [0.5, 0.6) is 5.75 Å². The highest BCUT2D eigenvalue weighted by Crippen LogP contribution is 2.53. The van der Waals surface area contributed by atoms with Crippen LogP contribution in [0.4, 0.5) is 5.69 Å². The Hall–Kier alpha value is -3.44. The number of anilines is 1. The summed E-state index contributed by atoms with van der Waals surface area (Å²) in [5, 5.41) is 3.21. The zero-order valence-electron chi connectivity index (χ0n) is 26.1. The van der Waals surface area contributed by atoms with Gasteiger partial charge in [0.1, 0.15) is 11.4 Å². The third-order valence-corrected chi connectivity index (χ3v) is 10.7. The van der Waals surface area contributed by atoms with Crippen molar-refractivity contribution >= 4 is 33.3 Å². The Morgan fingerprint density at radius 1 is 1.02 bits per heavy atom. The molecule has 0 saturated heterocycles. The summed E-state index contributed by atoms with van der Waals surface area (Å²) in [6.45, 7) is 9.52. The van der Waals surface area contributed by atoms with Crippen LogP contribution in [0.2, 0.25) is 0 Å². The fourth-order valence-electron chi connectivity index (χ4n) is 6.52. The Balaban J connectivity index is 1.39. The molecule has 1 aliphatic heterocycles. The monoisotopic (exact) mass is 625 g/mol. The molecule has 4 aliphatic rings. The van der Waals surface area contributed by atoms with E-state index in [1.54, 1.807) is 12.1 Å². The SMILES string of the molecule is CC(C)Oc1ccc(CN2C(=O)[C@@H](N)CS(=O)(=O)c3ccc(C(=O)NC45CCC(C(=O)OC(C)(C)C)(CC4)CC5)cc32)cc1. The lowest BCUT2D eigenvalue weighted by molar-refractivity contribution is -0.175. The predicted molar refractivity (Wildman–Crippen MR) is 166 cm³/mol. The normalized spacial score (nSPS) is 26.1. The lowest BCUT2D eigenvalue weighted by atomic mass is 9.57. The molecule has 1 atom stereocenters. The van der Waals surface area contributed by atoms with Crippen LogP contribution in [0.3, 0.4) is 0 Å². The molecule has 1 heterocycles. The standard InChI is InChI=1S/C33H43N3O7S/c1-21(2)42-24-9-6-22(7-10-24)19-36-26-18-23(8-11-27(26)44(40,41)20-25(34)29(36)38)28(37)35-33-15-12-32(13-16-33,14-17-33)30(39)43-31(3,4)5/h6-11,18,21,25H,12-17,19-20,34H2,1-5H3,(H,35,37)/t25-,32?,33?/m0/s1. The number of sulfone groups is 1. The summed E-state index contributed by atoms with van der Waals surface area (Å²) in [6, 6.07) is 10.3. The minimum absolute atomic E-state index is 0.00182. The second-order valence-corrected chi connectivity index (χ2v) is 15.8. The molecule has 0 spiro atoms. The van der Waals surface area contributed by atoms with E-state index in [4.69, 9.17) is 15.2 Å². The number of nitrogens with one attached hydrogen (secondary N) is 1. The van der Waals surface area contributed by atoms with Crippen molar-refractivity contribution in [2.75, 3.05) is 10.7 Å².